The lowest BCUT2D eigenvalue weighted by molar-refractivity contribution is -0.141. The summed E-state index contributed by atoms with van der Waals surface area (Å²) in [6.45, 7) is 0. The number of aliphatic hydroxyl groups excluding tert-OH is 2. The van der Waals surface area contributed by atoms with Crippen molar-refractivity contribution in [3.63, 3.8) is 0 Å². The van der Waals surface area contributed by atoms with Gasteiger partial charge in [0.15, 0.2) is 0 Å². The van der Waals surface area contributed by atoms with E-state index < -0.39 is 30.5 Å². The Labute approximate surface area is 84.8 Å². The summed E-state index contributed by atoms with van der Waals surface area (Å²) in [5.41, 5.74) is 0.171. The van der Waals surface area contributed by atoms with E-state index >= 15 is 0 Å². The lowest BCUT2D eigenvalue weighted by Crippen LogP contribution is -2.21. The Bertz CT molecular complexity index is 340. The second-order valence-corrected chi connectivity index (χ2v) is 3.02. The normalized spacial score (nSPS) is 14.6. The van der Waals surface area contributed by atoms with Crippen LogP contribution < -0.4 is 0 Å². The Morgan fingerprint density at radius 1 is 1.47 bits per heavy atom. The number of hydrogen-bond acceptors (Lipinski definition) is 4. The molecule has 1 rings (SSSR count). The zero-order valence-electron chi connectivity index (χ0n) is 7.67. The van der Waals surface area contributed by atoms with Gasteiger partial charge in [0.2, 0.25) is 5.95 Å². The lowest BCUT2D eigenvalue weighted by atomic mass is 10.0. The molecule has 82 valence electrons. The Kier molecular flexibility index (Phi) is 3.70. The van der Waals surface area contributed by atoms with Gasteiger partial charge in [-0.3, -0.25) is 4.79 Å². The van der Waals surface area contributed by atoms with Gasteiger partial charge in [-0.2, -0.15) is 4.39 Å². The number of carboxylic acid groups (broad SMARTS) is 1. The summed E-state index contributed by atoms with van der Waals surface area (Å²) in [6, 6.07) is 2.25. The number of hydrogen-bond donors (Lipinski definition) is 3. The molecule has 2 unspecified atom stereocenters. The van der Waals surface area contributed by atoms with Crippen LogP contribution in [-0.4, -0.2) is 32.4 Å². The highest BCUT2D eigenvalue weighted by molar-refractivity contribution is 5.67. The van der Waals surface area contributed by atoms with E-state index in [1.54, 1.807) is 0 Å². The Balaban J connectivity index is 2.71. The first kappa shape index (κ1) is 11.5. The van der Waals surface area contributed by atoms with E-state index in [1.807, 2.05) is 0 Å². The Morgan fingerprint density at radius 3 is 2.60 bits per heavy atom. The monoisotopic (exact) mass is 215 g/mol. The van der Waals surface area contributed by atoms with Gasteiger partial charge in [0.25, 0.3) is 0 Å². The van der Waals surface area contributed by atoms with Crippen LogP contribution in [0.15, 0.2) is 18.3 Å². The molecule has 2 atom stereocenters. The summed E-state index contributed by atoms with van der Waals surface area (Å²) in [5.74, 6) is -1.93. The van der Waals surface area contributed by atoms with Gasteiger partial charge in [0.05, 0.1) is 12.5 Å². The highest BCUT2D eigenvalue weighted by atomic mass is 19.1. The molecule has 0 radical (unpaired) electrons. The summed E-state index contributed by atoms with van der Waals surface area (Å²) in [5, 5.41) is 27.1. The van der Waals surface area contributed by atoms with Crippen molar-refractivity contribution >= 4 is 5.97 Å². The van der Waals surface area contributed by atoms with Crippen molar-refractivity contribution in [1.82, 2.24) is 4.98 Å². The lowest BCUT2D eigenvalue weighted by Gasteiger charge is -2.15. The van der Waals surface area contributed by atoms with E-state index in [4.69, 9.17) is 5.11 Å². The third-order valence-electron chi connectivity index (χ3n) is 1.84. The molecule has 0 saturated carbocycles. The number of aliphatic hydroxyl groups is 2. The second-order valence-electron chi connectivity index (χ2n) is 3.02. The largest absolute Gasteiger partial charge is 0.481 e. The molecule has 15 heavy (non-hydrogen) atoms. The molecule has 0 aromatic carbocycles. The molecule has 1 aromatic heterocycles. The highest BCUT2D eigenvalue weighted by Gasteiger charge is 2.21. The maximum atomic E-state index is 12.4. The van der Waals surface area contributed by atoms with Crippen LogP contribution in [0.5, 0.6) is 0 Å². The molecule has 6 heteroatoms. The quantitative estimate of drug-likeness (QED) is 0.619. The minimum atomic E-state index is -1.44. The number of carboxylic acids is 1. The van der Waals surface area contributed by atoms with Crippen LogP contribution in [0.25, 0.3) is 0 Å². The van der Waals surface area contributed by atoms with Crippen LogP contribution in [0.3, 0.4) is 0 Å². The van der Waals surface area contributed by atoms with Gasteiger partial charge < -0.3 is 15.3 Å². The number of nitrogens with zero attached hydrogens (tertiary/aromatic N) is 1. The first-order valence-corrected chi connectivity index (χ1v) is 4.20. The second kappa shape index (κ2) is 4.81. The SMILES string of the molecule is O=C(O)CC(O)C(O)c1ccc(F)nc1. The summed E-state index contributed by atoms with van der Waals surface area (Å²) in [4.78, 5) is 13.5. The van der Waals surface area contributed by atoms with Crippen molar-refractivity contribution in [3.8, 4) is 0 Å². The fraction of sp³-hybridized carbons (Fsp3) is 0.333. The number of carbonyl (C=O) groups is 1. The van der Waals surface area contributed by atoms with Crippen LogP contribution in [0.4, 0.5) is 4.39 Å². The maximum absolute atomic E-state index is 12.4. The molecule has 0 amide bonds. The van der Waals surface area contributed by atoms with Gasteiger partial charge in [-0.1, -0.05) is 6.07 Å². The first-order chi connectivity index (χ1) is 7.00. The number of halogens is 1. The molecule has 1 aromatic rings. The van der Waals surface area contributed by atoms with Gasteiger partial charge in [-0.25, -0.2) is 4.98 Å². The molecule has 0 bridgehead atoms. The van der Waals surface area contributed by atoms with Crippen LogP contribution in [0, 0.1) is 5.95 Å². The van der Waals surface area contributed by atoms with E-state index in [0.717, 1.165) is 12.3 Å². The molecule has 0 saturated heterocycles. The van der Waals surface area contributed by atoms with Gasteiger partial charge in [-0.15, -0.1) is 0 Å². The average molecular weight is 215 g/mol. The summed E-state index contributed by atoms with van der Waals surface area (Å²) < 4.78 is 12.4. The van der Waals surface area contributed by atoms with E-state index in [-0.39, 0.29) is 5.56 Å². The topological polar surface area (TPSA) is 90.7 Å². The van der Waals surface area contributed by atoms with Crippen molar-refractivity contribution in [2.75, 3.05) is 0 Å². The molecule has 0 aliphatic carbocycles. The first-order valence-electron chi connectivity index (χ1n) is 4.20. The van der Waals surface area contributed by atoms with Crippen LogP contribution >= 0.6 is 0 Å². The van der Waals surface area contributed by atoms with E-state index in [1.165, 1.54) is 6.07 Å². The smallest absolute Gasteiger partial charge is 0.306 e. The molecule has 0 spiro atoms. The molecular formula is C9H10FNO4. The number of aromatic nitrogens is 1. The number of rotatable bonds is 4. The standard InChI is InChI=1S/C9H10FNO4/c10-7-2-1-5(4-11-7)9(15)6(12)3-8(13)14/h1-2,4,6,9,12,15H,3H2,(H,13,14). The zero-order chi connectivity index (χ0) is 11.4. The molecule has 0 aliphatic heterocycles. The van der Waals surface area contributed by atoms with Gasteiger partial charge >= 0.3 is 5.97 Å². The van der Waals surface area contributed by atoms with Crippen LogP contribution in [0.2, 0.25) is 0 Å². The molecule has 1 heterocycles. The van der Waals surface area contributed by atoms with Gasteiger partial charge in [0, 0.05) is 11.8 Å². The third-order valence-corrected chi connectivity index (χ3v) is 1.84. The maximum Gasteiger partial charge on any atom is 0.306 e. The minimum Gasteiger partial charge on any atom is -0.481 e. The third kappa shape index (κ3) is 3.26. The predicted octanol–water partition coefficient (Wildman–Crippen LogP) is 0.0897. The van der Waals surface area contributed by atoms with E-state index in [9.17, 15) is 19.4 Å². The van der Waals surface area contributed by atoms with Crippen LogP contribution in [0.1, 0.15) is 18.1 Å². The summed E-state index contributed by atoms with van der Waals surface area (Å²) in [7, 11) is 0. The summed E-state index contributed by atoms with van der Waals surface area (Å²) >= 11 is 0. The minimum absolute atomic E-state index is 0.171. The molecule has 5 nitrogen and oxygen atoms in total. The van der Waals surface area contributed by atoms with E-state index in [2.05, 4.69) is 4.98 Å². The van der Waals surface area contributed by atoms with E-state index in [0.29, 0.717) is 0 Å². The van der Waals surface area contributed by atoms with Crippen molar-refractivity contribution in [1.29, 1.82) is 0 Å². The predicted molar refractivity (Wildman–Crippen MR) is 47.4 cm³/mol. The number of aliphatic carboxylic acids is 1. The van der Waals surface area contributed by atoms with Crippen molar-refractivity contribution in [2.24, 2.45) is 0 Å². The summed E-state index contributed by atoms with van der Waals surface area (Å²) in [6.07, 6.45) is -2.35. The van der Waals surface area contributed by atoms with Crippen molar-refractivity contribution in [3.05, 3.63) is 29.8 Å². The fourth-order valence-electron chi connectivity index (χ4n) is 1.07. The Morgan fingerprint density at radius 2 is 2.13 bits per heavy atom. The highest BCUT2D eigenvalue weighted by Crippen LogP contribution is 2.17. The van der Waals surface area contributed by atoms with Crippen molar-refractivity contribution in [2.45, 2.75) is 18.6 Å². The Hall–Kier alpha value is -1.53. The van der Waals surface area contributed by atoms with Crippen LogP contribution in [-0.2, 0) is 4.79 Å². The average Bonchev–Trinajstić information content (AvgIpc) is 2.17. The molecular weight excluding hydrogens is 205 g/mol. The van der Waals surface area contributed by atoms with Gasteiger partial charge in [-0.05, 0) is 6.07 Å². The molecule has 0 fully saturated rings. The number of pyridine rings is 1. The molecule has 3 N–H and O–H groups in total. The fourth-order valence-corrected chi connectivity index (χ4v) is 1.07. The molecule has 0 aliphatic rings. The zero-order valence-corrected chi connectivity index (χ0v) is 7.67. The van der Waals surface area contributed by atoms with Crippen molar-refractivity contribution < 1.29 is 24.5 Å². The van der Waals surface area contributed by atoms with Gasteiger partial charge in [0.1, 0.15) is 6.10 Å².